The molecule has 0 N–H and O–H groups in total. The molecule has 1 fully saturated rings. The van der Waals surface area contributed by atoms with Gasteiger partial charge in [-0.1, -0.05) is 25.1 Å². The van der Waals surface area contributed by atoms with Gasteiger partial charge in [0.25, 0.3) is 0 Å². The normalized spacial score (nSPS) is 32.5. The molecule has 0 saturated heterocycles. The van der Waals surface area contributed by atoms with Crippen LogP contribution < -0.4 is 0 Å². The molecule has 15 heavy (non-hydrogen) atoms. The number of aryl methyl sites for hydroxylation is 1. The molecule has 0 aromatic carbocycles. The largest absolute Gasteiger partial charge is 0.261 e. The monoisotopic (exact) mass is 199 g/mol. The van der Waals surface area contributed by atoms with Crippen molar-refractivity contribution in [3.8, 4) is 0 Å². The van der Waals surface area contributed by atoms with Crippen molar-refractivity contribution in [2.24, 2.45) is 11.8 Å². The third-order valence-corrected chi connectivity index (χ3v) is 3.94. The van der Waals surface area contributed by atoms with Crippen LogP contribution in [0.25, 0.3) is 0 Å². The number of nitrogens with zero attached hydrogens (tertiary/aromatic N) is 1. The molecule has 1 aromatic rings. The lowest BCUT2D eigenvalue weighted by Gasteiger charge is -2.20. The lowest BCUT2D eigenvalue weighted by molar-refractivity contribution is 0.577. The first-order valence-electron chi connectivity index (χ1n) is 6.00. The molecule has 1 saturated carbocycles. The molecular weight excluding hydrogens is 182 g/mol. The molecule has 2 aliphatic rings. The van der Waals surface area contributed by atoms with E-state index in [1.54, 1.807) is 0 Å². The quantitative estimate of drug-likeness (QED) is 0.666. The second-order valence-corrected chi connectivity index (χ2v) is 4.78. The van der Waals surface area contributed by atoms with Gasteiger partial charge < -0.3 is 0 Å². The summed E-state index contributed by atoms with van der Waals surface area (Å²) in [4.78, 5) is 4.50. The van der Waals surface area contributed by atoms with Gasteiger partial charge in [0.15, 0.2) is 0 Å². The second kappa shape index (κ2) is 3.48. The van der Waals surface area contributed by atoms with Gasteiger partial charge in [-0.3, -0.25) is 4.98 Å². The van der Waals surface area contributed by atoms with Crippen LogP contribution in [0.3, 0.4) is 0 Å². The Hall–Kier alpha value is -1.11. The van der Waals surface area contributed by atoms with Crippen molar-refractivity contribution in [1.82, 2.24) is 4.98 Å². The lowest BCUT2D eigenvalue weighted by atomic mass is 9.85. The average Bonchev–Trinajstić information content (AvgIpc) is 2.90. The molecule has 1 heteroatoms. The Kier molecular flexibility index (Phi) is 2.12. The minimum Gasteiger partial charge on any atom is -0.261 e. The Balaban J connectivity index is 1.96. The van der Waals surface area contributed by atoms with Crippen molar-refractivity contribution >= 4 is 0 Å². The van der Waals surface area contributed by atoms with E-state index in [1.165, 1.54) is 24.1 Å². The number of pyridine rings is 1. The van der Waals surface area contributed by atoms with Crippen molar-refractivity contribution in [2.75, 3.05) is 0 Å². The first-order valence-corrected chi connectivity index (χ1v) is 6.00. The highest BCUT2D eigenvalue weighted by atomic mass is 14.7. The number of fused-ring (bicyclic) bond motifs is 2. The van der Waals surface area contributed by atoms with Gasteiger partial charge in [-0.15, -0.1) is 0 Å². The van der Waals surface area contributed by atoms with Crippen LogP contribution in [-0.4, -0.2) is 4.98 Å². The molecule has 78 valence electrons. The number of aromatic nitrogens is 1. The Morgan fingerprint density at radius 1 is 1.33 bits per heavy atom. The van der Waals surface area contributed by atoms with E-state index in [9.17, 15) is 0 Å². The van der Waals surface area contributed by atoms with Gasteiger partial charge >= 0.3 is 0 Å². The molecular formula is C14H17N. The molecule has 2 bridgehead atoms. The Morgan fingerprint density at radius 3 is 2.93 bits per heavy atom. The number of hydrogen-bond acceptors (Lipinski definition) is 1. The molecule has 0 spiro atoms. The summed E-state index contributed by atoms with van der Waals surface area (Å²) in [5, 5.41) is 0. The summed E-state index contributed by atoms with van der Waals surface area (Å²) in [5.41, 5.74) is 2.82. The van der Waals surface area contributed by atoms with Gasteiger partial charge in [0.1, 0.15) is 0 Å². The summed E-state index contributed by atoms with van der Waals surface area (Å²) >= 11 is 0. The molecule has 3 rings (SSSR count). The number of rotatable bonds is 2. The third-order valence-electron chi connectivity index (χ3n) is 3.94. The van der Waals surface area contributed by atoms with Crippen molar-refractivity contribution in [3.63, 3.8) is 0 Å². The van der Waals surface area contributed by atoms with Crippen LogP contribution in [0, 0.1) is 11.8 Å². The predicted octanol–water partition coefficient (Wildman–Crippen LogP) is 3.32. The second-order valence-electron chi connectivity index (χ2n) is 4.78. The molecule has 2 aliphatic carbocycles. The fourth-order valence-electron chi connectivity index (χ4n) is 3.22. The van der Waals surface area contributed by atoms with Crippen LogP contribution >= 0.6 is 0 Å². The summed E-state index contributed by atoms with van der Waals surface area (Å²) in [7, 11) is 0. The van der Waals surface area contributed by atoms with Gasteiger partial charge in [0.2, 0.25) is 0 Å². The van der Waals surface area contributed by atoms with E-state index in [0.29, 0.717) is 0 Å². The van der Waals surface area contributed by atoms with Crippen LogP contribution in [0.2, 0.25) is 0 Å². The van der Waals surface area contributed by atoms with Crippen molar-refractivity contribution in [3.05, 3.63) is 41.7 Å². The van der Waals surface area contributed by atoms with Gasteiger partial charge in [-0.25, -0.2) is 0 Å². The molecule has 1 aromatic heterocycles. The first-order chi connectivity index (χ1) is 7.38. The van der Waals surface area contributed by atoms with Gasteiger partial charge in [0.05, 0.1) is 0 Å². The fourth-order valence-corrected chi connectivity index (χ4v) is 3.22. The van der Waals surface area contributed by atoms with Crippen molar-refractivity contribution in [2.45, 2.75) is 32.1 Å². The predicted molar refractivity (Wildman–Crippen MR) is 61.7 cm³/mol. The smallest absolute Gasteiger partial charge is 0.0435 e. The van der Waals surface area contributed by atoms with Crippen LogP contribution in [0.4, 0.5) is 0 Å². The molecule has 1 heterocycles. The van der Waals surface area contributed by atoms with E-state index in [4.69, 9.17) is 0 Å². The highest BCUT2D eigenvalue weighted by Gasteiger charge is 2.37. The van der Waals surface area contributed by atoms with E-state index in [2.05, 4.69) is 36.2 Å². The van der Waals surface area contributed by atoms with Gasteiger partial charge in [-0.05, 0) is 48.6 Å². The molecule has 0 amide bonds. The highest BCUT2D eigenvalue weighted by molar-refractivity contribution is 5.30. The molecule has 0 radical (unpaired) electrons. The summed E-state index contributed by atoms with van der Waals surface area (Å²) in [6.45, 7) is 2.20. The Morgan fingerprint density at radius 2 is 2.27 bits per heavy atom. The maximum Gasteiger partial charge on any atom is 0.0435 e. The number of hydrogen-bond donors (Lipinski definition) is 0. The van der Waals surface area contributed by atoms with E-state index in [0.717, 1.165) is 24.2 Å². The lowest BCUT2D eigenvalue weighted by Crippen LogP contribution is -2.08. The molecule has 3 unspecified atom stereocenters. The molecule has 3 atom stereocenters. The minimum atomic E-state index is 0.753. The summed E-state index contributed by atoms with van der Waals surface area (Å²) in [5.74, 6) is 2.40. The summed E-state index contributed by atoms with van der Waals surface area (Å²) in [6.07, 6.45) is 10.5. The van der Waals surface area contributed by atoms with Crippen LogP contribution in [0.15, 0.2) is 30.5 Å². The van der Waals surface area contributed by atoms with E-state index >= 15 is 0 Å². The van der Waals surface area contributed by atoms with Crippen LogP contribution in [0.1, 0.15) is 36.9 Å². The standard InChI is InChI=1S/C14H17N/c1-2-14-12(4-3-7-15-14)13-9-10-5-6-11(13)8-10/h3-7,10-11,13H,2,8-9H2,1H3. The zero-order valence-corrected chi connectivity index (χ0v) is 9.19. The summed E-state index contributed by atoms with van der Waals surface area (Å²) < 4.78 is 0. The van der Waals surface area contributed by atoms with Gasteiger partial charge in [-0.2, -0.15) is 0 Å². The Bertz CT molecular complexity index is 394. The number of allylic oxidation sites excluding steroid dienone is 2. The zero-order chi connectivity index (χ0) is 10.3. The minimum absolute atomic E-state index is 0.753. The first kappa shape index (κ1) is 9.14. The van der Waals surface area contributed by atoms with E-state index in [1.807, 2.05) is 6.20 Å². The maximum absolute atomic E-state index is 4.50. The van der Waals surface area contributed by atoms with E-state index in [-0.39, 0.29) is 0 Å². The van der Waals surface area contributed by atoms with Gasteiger partial charge in [0, 0.05) is 11.9 Å². The van der Waals surface area contributed by atoms with Crippen molar-refractivity contribution < 1.29 is 0 Å². The topological polar surface area (TPSA) is 12.9 Å². The highest BCUT2D eigenvalue weighted by Crippen LogP contribution is 2.49. The van der Waals surface area contributed by atoms with E-state index < -0.39 is 0 Å². The fraction of sp³-hybridized carbons (Fsp3) is 0.500. The van der Waals surface area contributed by atoms with Crippen LogP contribution in [0.5, 0.6) is 0 Å². The SMILES string of the molecule is CCc1ncccc1C1CC2C=CC1C2. The average molecular weight is 199 g/mol. The third kappa shape index (κ3) is 1.41. The molecule has 1 nitrogen and oxygen atoms in total. The maximum atomic E-state index is 4.50. The van der Waals surface area contributed by atoms with Crippen molar-refractivity contribution in [1.29, 1.82) is 0 Å². The summed E-state index contributed by atoms with van der Waals surface area (Å²) in [6, 6.07) is 4.37. The Labute approximate surface area is 91.2 Å². The van der Waals surface area contributed by atoms with Crippen LogP contribution in [-0.2, 0) is 6.42 Å². The molecule has 0 aliphatic heterocycles. The zero-order valence-electron chi connectivity index (χ0n) is 9.19.